The fraction of sp³-hybridized carbons (Fsp3) is 0.889. The number of nitrogens with zero attached hydrogens (tertiary/aromatic N) is 1. The molecule has 1 fully saturated rings. The first kappa shape index (κ1) is 14.0. The fourth-order valence-electron chi connectivity index (χ4n) is 1.55. The molecule has 1 aliphatic rings. The number of halogens is 2. The van der Waals surface area contributed by atoms with E-state index in [0.29, 0.717) is 12.6 Å². The van der Waals surface area contributed by atoms with Gasteiger partial charge >= 0.3 is 5.97 Å². The van der Waals surface area contributed by atoms with Crippen LogP contribution in [-0.2, 0) is 9.53 Å². The van der Waals surface area contributed by atoms with Gasteiger partial charge in [0.2, 0.25) is 0 Å². The first-order chi connectivity index (χ1) is 6.27. The molecule has 0 aromatic carbocycles. The van der Waals surface area contributed by atoms with Crippen LogP contribution in [0.1, 0.15) is 19.8 Å². The Morgan fingerprint density at radius 1 is 1.50 bits per heavy atom. The third-order valence-corrected chi connectivity index (χ3v) is 2.71. The highest BCUT2D eigenvalue weighted by Gasteiger charge is 2.25. The van der Waals surface area contributed by atoms with Gasteiger partial charge in [-0.15, -0.1) is 24.0 Å². The summed E-state index contributed by atoms with van der Waals surface area (Å²) >= 11 is 5.68. The van der Waals surface area contributed by atoms with Crippen molar-refractivity contribution in [2.45, 2.75) is 19.8 Å². The number of carbonyl (C=O) groups is 1. The molecule has 1 aliphatic heterocycles. The summed E-state index contributed by atoms with van der Waals surface area (Å²) < 4.78 is 4.96. The van der Waals surface area contributed by atoms with E-state index >= 15 is 0 Å². The molecule has 0 N–H and O–H groups in total. The molecule has 1 heterocycles. The summed E-state index contributed by atoms with van der Waals surface area (Å²) in [6.45, 7) is 4.14. The summed E-state index contributed by atoms with van der Waals surface area (Å²) in [6.07, 6.45) is 1.76. The van der Waals surface area contributed by atoms with Gasteiger partial charge in [-0.3, -0.25) is 9.69 Å². The highest BCUT2D eigenvalue weighted by atomic mass is 35.5. The number of ether oxygens (including phenoxy) is 1. The summed E-state index contributed by atoms with van der Waals surface area (Å²) in [5.41, 5.74) is 0. The summed E-state index contributed by atoms with van der Waals surface area (Å²) in [4.78, 5) is 13.5. The second kappa shape index (κ2) is 7.32. The molecule has 0 atom stereocenters. The minimum absolute atomic E-state index is 0. The molecule has 0 saturated carbocycles. The molecule has 0 aliphatic carbocycles. The lowest BCUT2D eigenvalue weighted by Crippen LogP contribution is -2.36. The van der Waals surface area contributed by atoms with Crippen LogP contribution in [0, 0.1) is 5.92 Å². The van der Waals surface area contributed by atoms with Gasteiger partial charge in [-0.2, -0.15) is 0 Å². The maximum Gasteiger partial charge on any atom is 0.309 e. The molecule has 0 unspecified atom stereocenters. The van der Waals surface area contributed by atoms with Crippen molar-refractivity contribution in [3.05, 3.63) is 0 Å². The lowest BCUT2D eigenvalue weighted by Gasteiger charge is -2.28. The van der Waals surface area contributed by atoms with Crippen molar-refractivity contribution < 1.29 is 9.53 Å². The van der Waals surface area contributed by atoms with Crippen LogP contribution in [0.4, 0.5) is 0 Å². The Labute approximate surface area is 96.1 Å². The highest BCUT2D eigenvalue weighted by molar-refractivity contribution is 6.17. The lowest BCUT2D eigenvalue weighted by atomic mass is 9.97. The maximum absolute atomic E-state index is 11.3. The monoisotopic (exact) mass is 241 g/mol. The second-order valence-corrected chi connectivity index (χ2v) is 3.50. The maximum atomic E-state index is 11.3. The fourth-order valence-corrected chi connectivity index (χ4v) is 1.79. The van der Waals surface area contributed by atoms with E-state index in [9.17, 15) is 4.79 Å². The topological polar surface area (TPSA) is 29.5 Å². The average molecular weight is 242 g/mol. The molecule has 5 heteroatoms. The molecule has 0 radical (unpaired) electrons. The van der Waals surface area contributed by atoms with E-state index < -0.39 is 0 Å². The van der Waals surface area contributed by atoms with Gasteiger partial charge in [-0.25, -0.2) is 0 Å². The highest BCUT2D eigenvalue weighted by Crippen LogP contribution is 2.18. The third-order valence-electron chi connectivity index (χ3n) is 2.38. The van der Waals surface area contributed by atoms with E-state index in [2.05, 4.69) is 4.90 Å². The number of rotatable bonds is 3. The molecule has 3 nitrogen and oxygen atoms in total. The molecule has 84 valence electrons. The van der Waals surface area contributed by atoms with E-state index in [1.165, 1.54) is 0 Å². The van der Waals surface area contributed by atoms with E-state index in [-0.39, 0.29) is 24.3 Å². The van der Waals surface area contributed by atoms with E-state index in [1.807, 2.05) is 6.92 Å². The summed E-state index contributed by atoms with van der Waals surface area (Å²) in [6, 6.07) is 0.565. The Kier molecular flexibility index (Phi) is 7.33. The smallest absolute Gasteiger partial charge is 0.309 e. The zero-order valence-electron chi connectivity index (χ0n) is 8.37. The Morgan fingerprint density at radius 2 is 2.07 bits per heavy atom. The predicted molar refractivity (Wildman–Crippen MR) is 58.9 cm³/mol. The SMILES string of the molecule is CCOC(=O)C1CCN(CCl)CC1.Cl. The van der Waals surface area contributed by atoms with Gasteiger partial charge in [0.15, 0.2) is 0 Å². The molecule has 0 aromatic heterocycles. The standard InChI is InChI=1S/C9H16ClNO2.ClH/c1-2-13-9(12)8-3-5-11(7-10)6-4-8;/h8H,2-7H2,1H3;1H. The molecular formula is C9H17Cl2NO2. The average Bonchev–Trinajstić information content (AvgIpc) is 2.18. The van der Waals surface area contributed by atoms with Crippen LogP contribution in [0.3, 0.4) is 0 Å². The largest absolute Gasteiger partial charge is 0.466 e. The van der Waals surface area contributed by atoms with E-state index in [4.69, 9.17) is 16.3 Å². The number of hydrogen-bond donors (Lipinski definition) is 0. The van der Waals surface area contributed by atoms with Gasteiger partial charge in [0.05, 0.1) is 18.5 Å². The van der Waals surface area contributed by atoms with Crippen LogP contribution in [0.2, 0.25) is 0 Å². The Balaban J connectivity index is 0.00000169. The van der Waals surface area contributed by atoms with E-state index in [0.717, 1.165) is 25.9 Å². The number of esters is 1. The molecule has 0 amide bonds. The summed E-state index contributed by atoms with van der Waals surface area (Å²) in [7, 11) is 0. The molecule has 0 spiro atoms. The van der Waals surface area contributed by atoms with Gasteiger partial charge in [0.1, 0.15) is 0 Å². The van der Waals surface area contributed by atoms with Crippen molar-refractivity contribution in [1.29, 1.82) is 0 Å². The van der Waals surface area contributed by atoms with Gasteiger partial charge in [0, 0.05) is 13.1 Å². The zero-order chi connectivity index (χ0) is 9.68. The van der Waals surface area contributed by atoms with Crippen molar-refractivity contribution in [1.82, 2.24) is 4.90 Å². The van der Waals surface area contributed by atoms with Gasteiger partial charge in [-0.1, -0.05) is 0 Å². The minimum Gasteiger partial charge on any atom is -0.466 e. The number of carbonyl (C=O) groups excluding carboxylic acids is 1. The minimum atomic E-state index is -0.0447. The quantitative estimate of drug-likeness (QED) is 0.430. The van der Waals surface area contributed by atoms with Gasteiger partial charge in [-0.05, 0) is 19.8 Å². The van der Waals surface area contributed by atoms with E-state index in [1.54, 1.807) is 0 Å². The Hall–Kier alpha value is 0.01000. The van der Waals surface area contributed by atoms with Crippen LogP contribution >= 0.6 is 24.0 Å². The van der Waals surface area contributed by atoms with Crippen LogP contribution in [0.5, 0.6) is 0 Å². The van der Waals surface area contributed by atoms with Crippen LogP contribution in [0.25, 0.3) is 0 Å². The number of alkyl halides is 1. The van der Waals surface area contributed by atoms with Crippen molar-refractivity contribution in [3.63, 3.8) is 0 Å². The van der Waals surface area contributed by atoms with Crippen molar-refractivity contribution >= 4 is 30.0 Å². The van der Waals surface area contributed by atoms with Crippen LogP contribution in [-0.4, -0.2) is 36.6 Å². The summed E-state index contributed by atoms with van der Waals surface area (Å²) in [5, 5.41) is 0. The molecule has 1 rings (SSSR count). The number of hydrogen-bond acceptors (Lipinski definition) is 3. The number of likely N-dealkylation sites (tertiary alicyclic amines) is 1. The number of piperidine rings is 1. The van der Waals surface area contributed by atoms with Gasteiger partial charge in [0.25, 0.3) is 0 Å². The molecule has 0 aromatic rings. The van der Waals surface area contributed by atoms with Crippen molar-refractivity contribution in [2.75, 3.05) is 25.7 Å². The van der Waals surface area contributed by atoms with Crippen LogP contribution < -0.4 is 0 Å². The van der Waals surface area contributed by atoms with Gasteiger partial charge < -0.3 is 4.74 Å². The second-order valence-electron chi connectivity index (χ2n) is 3.26. The third kappa shape index (κ3) is 4.03. The Bertz CT molecular complexity index is 170. The predicted octanol–water partition coefficient (Wildman–Crippen LogP) is 1.88. The summed E-state index contributed by atoms with van der Waals surface area (Å²) in [5.74, 6) is 0.0520. The molecule has 1 saturated heterocycles. The lowest BCUT2D eigenvalue weighted by molar-refractivity contribution is -0.149. The Morgan fingerprint density at radius 3 is 2.50 bits per heavy atom. The van der Waals surface area contributed by atoms with Crippen molar-refractivity contribution in [2.24, 2.45) is 5.92 Å². The molecule has 14 heavy (non-hydrogen) atoms. The molecule has 0 bridgehead atoms. The molecular weight excluding hydrogens is 225 g/mol. The first-order valence-corrected chi connectivity index (χ1v) is 5.26. The van der Waals surface area contributed by atoms with Crippen LogP contribution in [0.15, 0.2) is 0 Å². The van der Waals surface area contributed by atoms with Crippen molar-refractivity contribution in [3.8, 4) is 0 Å². The zero-order valence-corrected chi connectivity index (χ0v) is 9.94. The first-order valence-electron chi connectivity index (χ1n) is 4.73. The normalized spacial score (nSPS) is 18.7.